The van der Waals surface area contributed by atoms with Gasteiger partial charge in [-0.1, -0.05) is 12.1 Å². The molecule has 0 unspecified atom stereocenters. The highest BCUT2D eigenvalue weighted by Gasteiger charge is 2.12. The van der Waals surface area contributed by atoms with Crippen molar-refractivity contribution in [1.82, 2.24) is 0 Å². The third-order valence-corrected chi connectivity index (χ3v) is 5.70. The van der Waals surface area contributed by atoms with Crippen LogP contribution in [0.4, 0.5) is 11.4 Å². The topological polar surface area (TPSA) is 89.3 Å². The molecule has 0 aliphatic rings. The third kappa shape index (κ3) is 3.89. The van der Waals surface area contributed by atoms with Crippen LogP contribution in [0.15, 0.2) is 64.9 Å². The SMILES string of the molecule is CS(=O)(=O)c1ccc(C(=O)Nc2cc(-c3cccs3)ccc2N)cc1. The Morgan fingerprint density at radius 1 is 1.08 bits per heavy atom. The van der Waals surface area contributed by atoms with E-state index < -0.39 is 9.84 Å². The standard InChI is InChI=1S/C18H16N2O3S2/c1-25(22,23)14-7-4-12(5-8-14)18(21)20-16-11-13(6-9-15(16)19)17-3-2-10-24-17/h2-11H,19H2,1H3,(H,20,21). The van der Waals surface area contributed by atoms with E-state index in [0.717, 1.165) is 16.7 Å². The van der Waals surface area contributed by atoms with Gasteiger partial charge in [0, 0.05) is 16.7 Å². The van der Waals surface area contributed by atoms with Gasteiger partial charge in [-0.05, 0) is 53.4 Å². The smallest absolute Gasteiger partial charge is 0.255 e. The van der Waals surface area contributed by atoms with Gasteiger partial charge in [-0.25, -0.2) is 8.42 Å². The van der Waals surface area contributed by atoms with Crippen LogP contribution in [0.3, 0.4) is 0 Å². The Hall–Kier alpha value is -2.64. The predicted molar refractivity (Wildman–Crippen MR) is 102 cm³/mol. The van der Waals surface area contributed by atoms with E-state index in [4.69, 9.17) is 5.73 Å². The summed E-state index contributed by atoms with van der Waals surface area (Å²) >= 11 is 1.60. The molecule has 1 amide bonds. The first-order valence-corrected chi connectivity index (χ1v) is 10.2. The zero-order valence-electron chi connectivity index (χ0n) is 13.4. The molecule has 3 aromatic rings. The maximum absolute atomic E-state index is 12.4. The molecule has 3 rings (SSSR count). The summed E-state index contributed by atoms with van der Waals surface area (Å²) in [5.41, 5.74) is 8.26. The molecule has 0 saturated carbocycles. The molecule has 3 N–H and O–H groups in total. The Morgan fingerprint density at radius 3 is 2.40 bits per heavy atom. The maximum atomic E-state index is 12.4. The van der Waals surface area contributed by atoms with Gasteiger partial charge in [-0.2, -0.15) is 0 Å². The number of hydrogen-bond acceptors (Lipinski definition) is 5. The summed E-state index contributed by atoms with van der Waals surface area (Å²) < 4.78 is 23.0. The minimum absolute atomic E-state index is 0.170. The van der Waals surface area contributed by atoms with Gasteiger partial charge in [0.2, 0.25) is 0 Å². The lowest BCUT2D eigenvalue weighted by atomic mass is 10.1. The Labute approximate surface area is 150 Å². The average Bonchev–Trinajstić information content (AvgIpc) is 3.10. The number of amides is 1. The number of nitrogen functional groups attached to an aromatic ring is 1. The first-order valence-electron chi connectivity index (χ1n) is 7.39. The van der Waals surface area contributed by atoms with Gasteiger partial charge in [-0.3, -0.25) is 4.79 Å². The Balaban J connectivity index is 1.84. The number of sulfone groups is 1. The summed E-state index contributed by atoms with van der Waals surface area (Å²) in [7, 11) is -3.29. The average molecular weight is 372 g/mol. The van der Waals surface area contributed by atoms with Crippen LogP contribution < -0.4 is 11.1 Å². The van der Waals surface area contributed by atoms with Gasteiger partial charge < -0.3 is 11.1 Å². The fourth-order valence-electron chi connectivity index (χ4n) is 2.31. The summed E-state index contributed by atoms with van der Waals surface area (Å²) in [6.45, 7) is 0. The van der Waals surface area contributed by atoms with Gasteiger partial charge in [0.25, 0.3) is 5.91 Å². The zero-order chi connectivity index (χ0) is 18.0. The molecule has 2 aromatic carbocycles. The van der Waals surface area contributed by atoms with Crippen LogP contribution in [0.2, 0.25) is 0 Å². The molecule has 0 fully saturated rings. The number of thiophene rings is 1. The van der Waals surface area contributed by atoms with Crippen molar-refractivity contribution in [3.63, 3.8) is 0 Å². The Kier molecular flexibility index (Phi) is 4.61. The zero-order valence-corrected chi connectivity index (χ0v) is 15.0. The van der Waals surface area contributed by atoms with Crippen LogP contribution in [0.5, 0.6) is 0 Å². The van der Waals surface area contributed by atoms with E-state index in [1.807, 2.05) is 29.6 Å². The first-order chi connectivity index (χ1) is 11.8. The van der Waals surface area contributed by atoms with Gasteiger partial charge in [0.05, 0.1) is 16.3 Å². The molecule has 25 heavy (non-hydrogen) atoms. The summed E-state index contributed by atoms with van der Waals surface area (Å²) in [5.74, 6) is -0.352. The van der Waals surface area contributed by atoms with E-state index in [9.17, 15) is 13.2 Å². The van der Waals surface area contributed by atoms with Crippen LogP contribution in [-0.2, 0) is 9.84 Å². The van der Waals surface area contributed by atoms with E-state index in [2.05, 4.69) is 5.32 Å². The second kappa shape index (κ2) is 6.70. The Bertz CT molecular complexity index is 1010. The van der Waals surface area contributed by atoms with E-state index in [1.165, 1.54) is 24.3 Å². The van der Waals surface area contributed by atoms with Crippen molar-refractivity contribution in [3.05, 3.63) is 65.5 Å². The first kappa shape index (κ1) is 17.2. The van der Waals surface area contributed by atoms with Gasteiger partial charge in [0.15, 0.2) is 9.84 Å². The van der Waals surface area contributed by atoms with E-state index in [0.29, 0.717) is 16.9 Å². The number of nitrogens with two attached hydrogens (primary N) is 1. The number of anilines is 2. The molecule has 0 aliphatic carbocycles. The molecule has 5 nitrogen and oxygen atoms in total. The highest BCUT2D eigenvalue weighted by Crippen LogP contribution is 2.30. The lowest BCUT2D eigenvalue weighted by Gasteiger charge is -2.10. The summed E-state index contributed by atoms with van der Waals surface area (Å²) in [6, 6.07) is 15.2. The number of hydrogen-bond donors (Lipinski definition) is 2. The summed E-state index contributed by atoms with van der Waals surface area (Å²) in [6.07, 6.45) is 1.12. The van der Waals surface area contributed by atoms with E-state index >= 15 is 0 Å². The molecule has 1 heterocycles. The minimum atomic E-state index is -3.29. The van der Waals surface area contributed by atoms with Crippen molar-refractivity contribution in [2.75, 3.05) is 17.3 Å². The van der Waals surface area contributed by atoms with Crippen molar-refractivity contribution >= 4 is 38.5 Å². The molecular weight excluding hydrogens is 356 g/mol. The number of rotatable bonds is 4. The summed E-state index contributed by atoms with van der Waals surface area (Å²) in [4.78, 5) is 13.7. The van der Waals surface area contributed by atoms with Crippen molar-refractivity contribution in [1.29, 1.82) is 0 Å². The largest absolute Gasteiger partial charge is 0.397 e. The maximum Gasteiger partial charge on any atom is 0.255 e. The fraction of sp³-hybridized carbons (Fsp3) is 0.0556. The van der Waals surface area contributed by atoms with Crippen molar-refractivity contribution in [2.45, 2.75) is 4.90 Å². The fourth-order valence-corrected chi connectivity index (χ4v) is 3.66. The van der Waals surface area contributed by atoms with Crippen molar-refractivity contribution < 1.29 is 13.2 Å². The quantitative estimate of drug-likeness (QED) is 0.684. The van der Waals surface area contributed by atoms with Crippen molar-refractivity contribution in [3.8, 4) is 10.4 Å². The number of carbonyl (C=O) groups is 1. The number of carbonyl (C=O) groups excluding carboxylic acids is 1. The molecule has 0 saturated heterocycles. The number of benzene rings is 2. The summed E-state index contributed by atoms with van der Waals surface area (Å²) in [5, 5.41) is 4.76. The van der Waals surface area contributed by atoms with Crippen LogP contribution in [0.25, 0.3) is 10.4 Å². The lowest BCUT2D eigenvalue weighted by molar-refractivity contribution is 0.102. The second-order valence-electron chi connectivity index (χ2n) is 5.53. The van der Waals surface area contributed by atoms with Gasteiger partial charge >= 0.3 is 0 Å². The van der Waals surface area contributed by atoms with Gasteiger partial charge in [0.1, 0.15) is 0 Å². The molecule has 0 bridgehead atoms. The van der Waals surface area contributed by atoms with Crippen LogP contribution in [0.1, 0.15) is 10.4 Å². The highest BCUT2D eigenvalue weighted by molar-refractivity contribution is 7.90. The predicted octanol–water partition coefficient (Wildman–Crippen LogP) is 3.65. The molecule has 0 spiro atoms. The van der Waals surface area contributed by atoms with E-state index in [1.54, 1.807) is 17.4 Å². The molecule has 0 atom stereocenters. The molecule has 128 valence electrons. The molecular formula is C18H16N2O3S2. The van der Waals surface area contributed by atoms with E-state index in [-0.39, 0.29) is 10.8 Å². The highest BCUT2D eigenvalue weighted by atomic mass is 32.2. The molecule has 1 aromatic heterocycles. The monoisotopic (exact) mass is 372 g/mol. The normalized spacial score (nSPS) is 11.2. The minimum Gasteiger partial charge on any atom is -0.397 e. The van der Waals surface area contributed by atoms with Crippen molar-refractivity contribution in [2.24, 2.45) is 0 Å². The lowest BCUT2D eigenvalue weighted by Crippen LogP contribution is -2.13. The van der Waals surface area contributed by atoms with Crippen LogP contribution in [0, 0.1) is 0 Å². The molecule has 7 heteroatoms. The van der Waals surface area contributed by atoms with Gasteiger partial charge in [-0.15, -0.1) is 11.3 Å². The second-order valence-corrected chi connectivity index (χ2v) is 8.49. The molecule has 0 aliphatic heterocycles. The van der Waals surface area contributed by atoms with Crippen LogP contribution >= 0.6 is 11.3 Å². The van der Waals surface area contributed by atoms with Crippen LogP contribution in [-0.4, -0.2) is 20.6 Å². The Morgan fingerprint density at radius 2 is 1.80 bits per heavy atom. The number of nitrogens with one attached hydrogen (secondary N) is 1. The third-order valence-electron chi connectivity index (χ3n) is 3.65. The molecule has 0 radical (unpaired) electrons.